The molecule has 0 spiro atoms. The maximum Gasteiger partial charge on any atom is 0.264 e. The molecule has 8 heteroatoms. The molecule has 0 bridgehead atoms. The van der Waals surface area contributed by atoms with Crippen molar-refractivity contribution in [2.45, 2.75) is 11.8 Å². The molecule has 1 N–H and O–H groups in total. The molecular formula is C17H14N2O5S. The summed E-state index contributed by atoms with van der Waals surface area (Å²) in [6.45, 7) is 1.13. The van der Waals surface area contributed by atoms with Crippen LogP contribution in [0.25, 0.3) is 0 Å². The number of nitrogens with zero attached hydrogens (tertiary/aromatic N) is 1. The van der Waals surface area contributed by atoms with E-state index in [4.69, 9.17) is 0 Å². The Morgan fingerprint density at radius 1 is 0.960 bits per heavy atom. The molecule has 2 aromatic carbocycles. The maximum absolute atomic E-state index is 12.2. The van der Waals surface area contributed by atoms with Gasteiger partial charge >= 0.3 is 0 Å². The van der Waals surface area contributed by atoms with Crippen molar-refractivity contribution >= 4 is 27.7 Å². The molecule has 1 heterocycles. The fourth-order valence-corrected chi connectivity index (χ4v) is 3.46. The quantitative estimate of drug-likeness (QED) is 0.825. The number of benzene rings is 2. The Bertz CT molecular complexity index is 945. The molecule has 0 aromatic heterocycles. The van der Waals surface area contributed by atoms with Gasteiger partial charge in [-0.2, -0.15) is 0 Å². The minimum atomic E-state index is -4.07. The molecule has 0 saturated heterocycles. The molecule has 0 atom stereocenters. The second-order valence-corrected chi connectivity index (χ2v) is 7.27. The van der Waals surface area contributed by atoms with Crippen molar-refractivity contribution in [2.24, 2.45) is 0 Å². The summed E-state index contributed by atoms with van der Waals surface area (Å²) in [6, 6.07) is 12.1. The average Bonchev–Trinajstić information content (AvgIpc) is 2.80. The summed E-state index contributed by atoms with van der Waals surface area (Å²) in [5.41, 5.74) is 1.26. The van der Waals surface area contributed by atoms with Crippen LogP contribution in [0.3, 0.4) is 0 Å². The van der Waals surface area contributed by atoms with Gasteiger partial charge in [-0.3, -0.25) is 19.3 Å². The molecule has 1 aliphatic heterocycles. The van der Waals surface area contributed by atoms with E-state index >= 15 is 0 Å². The lowest BCUT2D eigenvalue weighted by molar-refractivity contribution is -0.119. The number of sulfonamides is 1. The number of fused-ring (bicyclic) bond motifs is 1. The predicted molar refractivity (Wildman–Crippen MR) is 88.3 cm³/mol. The van der Waals surface area contributed by atoms with Gasteiger partial charge in [-0.25, -0.2) is 13.1 Å². The third kappa shape index (κ3) is 3.16. The van der Waals surface area contributed by atoms with Crippen LogP contribution in [0.15, 0.2) is 53.4 Å². The number of hydrogen-bond donors (Lipinski definition) is 1. The van der Waals surface area contributed by atoms with Crippen molar-refractivity contribution in [1.82, 2.24) is 9.62 Å². The highest BCUT2D eigenvalue weighted by Gasteiger charge is 2.36. The third-order valence-electron chi connectivity index (χ3n) is 3.76. The second kappa shape index (κ2) is 6.14. The minimum absolute atomic E-state index is 0.0752. The van der Waals surface area contributed by atoms with E-state index in [9.17, 15) is 22.8 Å². The molecule has 0 saturated carbocycles. The molecule has 0 aliphatic carbocycles. The van der Waals surface area contributed by atoms with E-state index in [2.05, 4.69) is 0 Å². The number of hydrogen-bond acceptors (Lipinski definition) is 5. The van der Waals surface area contributed by atoms with Crippen molar-refractivity contribution in [3.63, 3.8) is 0 Å². The van der Waals surface area contributed by atoms with Crippen molar-refractivity contribution in [3.8, 4) is 0 Å². The molecule has 3 rings (SSSR count). The monoisotopic (exact) mass is 358 g/mol. The van der Waals surface area contributed by atoms with Gasteiger partial charge in [0.05, 0.1) is 16.0 Å². The molecule has 0 fully saturated rings. The number of nitrogens with one attached hydrogen (secondary N) is 1. The van der Waals surface area contributed by atoms with E-state index in [1.54, 1.807) is 31.2 Å². The molecule has 1 aliphatic rings. The maximum atomic E-state index is 12.2. The highest BCUT2D eigenvalue weighted by atomic mass is 32.2. The van der Waals surface area contributed by atoms with Crippen LogP contribution in [-0.4, -0.2) is 37.6 Å². The lowest BCUT2D eigenvalue weighted by atomic mass is 10.1. The van der Waals surface area contributed by atoms with Crippen molar-refractivity contribution in [3.05, 3.63) is 65.2 Å². The summed E-state index contributed by atoms with van der Waals surface area (Å²) in [6.07, 6.45) is 0. The SMILES string of the molecule is Cc1ccc(S(=O)(=O)NC(=O)CN2C(=O)c3ccccc3C2=O)cc1. The van der Waals surface area contributed by atoms with Gasteiger partial charge in [-0.05, 0) is 31.2 Å². The summed E-state index contributed by atoms with van der Waals surface area (Å²) >= 11 is 0. The summed E-state index contributed by atoms with van der Waals surface area (Å²) in [4.78, 5) is 37.1. The molecule has 2 aromatic rings. The largest absolute Gasteiger partial charge is 0.272 e. The molecule has 25 heavy (non-hydrogen) atoms. The number of carbonyl (C=O) groups excluding carboxylic acids is 3. The van der Waals surface area contributed by atoms with Crippen LogP contribution in [0.1, 0.15) is 26.3 Å². The fraction of sp³-hybridized carbons (Fsp3) is 0.118. The summed E-state index contributed by atoms with van der Waals surface area (Å²) in [5.74, 6) is -2.21. The third-order valence-corrected chi connectivity index (χ3v) is 5.15. The van der Waals surface area contributed by atoms with Crippen molar-refractivity contribution in [2.75, 3.05) is 6.54 Å². The van der Waals surface area contributed by atoms with Crippen LogP contribution >= 0.6 is 0 Å². The number of amides is 3. The molecule has 0 unspecified atom stereocenters. The average molecular weight is 358 g/mol. The zero-order chi connectivity index (χ0) is 18.2. The first-order chi connectivity index (χ1) is 11.8. The van der Waals surface area contributed by atoms with Crippen LogP contribution < -0.4 is 4.72 Å². The molecular weight excluding hydrogens is 344 g/mol. The zero-order valence-corrected chi connectivity index (χ0v) is 14.0. The minimum Gasteiger partial charge on any atom is -0.272 e. The van der Waals surface area contributed by atoms with E-state index in [1.807, 2.05) is 4.72 Å². The summed E-state index contributed by atoms with van der Waals surface area (Å²) in [7, 11) is -4.07. The first kappa shape index (κ1) is 16.8. The van der Waals surface area contributed by atoms with Gasteiger partial charge in [0.2, 0.25) is 0 Å². The van der Waals surface area contributed by atoms with E-state index in [0.29, 0.717) is 0 Å². The van der Waals surface area contributed by atoms with E-state index < -0.39 is 34.3 Å². The van der Waals surface area contributed by atoms with E-state index in [1.165, 1.54) is 24.3 Å². The first-order valence-electron chi connectivity index (χ1n) is 7.37. The highest BCUT2D eigenvalue weighted by Crippen LogP contribution is 2.22. The lowest BCUT2D eigenvalue weighted by Gasteiger charge is -2.13. The fourth-order valence-electron chi connectivity index (χ4n) is 2.48. The molecule has 3 amide bonds. The van der Waals surface area contributed by atoms with Crippen LogP contribution in [0.4, 0.5) is 0 Å². The van der Waals surface area contributed by atoms with Gasteiger partial charge in [-0.1, -0.05) is 29.8 Å². The first-order valence-corrected chi connectivity index (χ1v) is 8.85. The van der Waals surface area contributed by atoms with Gasteiger partial charge in [0.15, 0.2) is 0 Å². The Morgan fingerprint density at radius 2 is 1.48 bits per heavy atom. The van der Waals surface area contributed by atoms with Gasteiger partial charge in [0.1, 0.15) is 6.54 Å². The van der Waals surface area contributed by atoms with E-state index in [0.717, 1.165) is 10.5 Å². The Morgan fingerprint density at radius 3 is 2.00 bits per heavy atom. The number of rotatable bonds is 4. The predicted octanol–water partition coefficient (Wildman–Crippen LogP) is 1.10. The zero-order valence-electron chi connectivity index (χ0n) is 13.2. The van der Waals surface area contributed by atoms with Gasteiger partial charge < -0.3 is 0 Å². The van der Waals surface area contributed by atoms with E-state index in [-0.39, 0.29) is 16.0 Å². The van der Waals surface area contributed by atoms with Crippen molar-refractivity contribution < 1.29 is 22.8 Å². The Balaban J connectivity index is 1.74. The van der Waals surface area contributed by atoms with Crippen LogP contribution in [0, 0.1) is 6.92 Å². The number of carbonyl (C=O) groups is 3. The molecule has 7 nitrogen and oxygen atoms in total. The number of aryl methyl sites for hydroxylation is 1. The highest BCUT2D eigenvalue weighted by molar-refractivity contribution is 7.90. The molecule has 128 valence electrons. The molecule has 0 radical (unpaired) electrons. The van der Waals surface area contributed by atoms with Crippen LogP contribution in [0.5, 0.6) is 0 Å². The second-order valence-electron chi connectivity index (χ2n) is 5.58. The summed E-state index contributed by atoms with van der Waals surface area (Å²) < 4.78 is 26.3. The number of imide groups is 1. The topological polar surface area (TPSA) is 101 Å². The standard InChI is InChI=1S/C17H14N2O5S/c1-11-6-8-12(9-7-11)25(23,24)18-15(20)10-19-16(21)13-4-2-3-5-14(13)17(19)22/h2-9H,10H2,1H3,(H,18,20). The Labute approximate surface area is 144 Å². The van der Waals surface area contributed by atoms with Gasteiger partial charge in [-0.15, -0.1) is 0 Å². The Kier molecular flexibility index (Phi) is 4.13. The van der Waals surface area contributed by atoms with Gasteiger partial charge in [0, 0.05) is 0 Å². The van der Waals surface area contributed by atoms with Crippen LogP contribution in [-0.2, 0) is 14.8 Å². The lowest BCUT2D eigenvalue weighted by Crippen LogP contribution is -2.42. The summed E-state index contributed by atoms with van der Waals surface area (Å²) in [5, 5.41) is 0. The normalized spacial score (nSPS) is 13.7. The van der Waals surface area contributed by atoms with Gasteiger partial charge in [0.25, 0.3) is 27.7 Å². The van der Waals surface area contributed by atoms with Crippen molar-refractivity contribution in [1.29, 1.82) is 0 Å². The Hall–Kier alpha value is -3.00. The smallest absolute Gasteiger partial charge is 0.264 e. The van der Waals surface area contributed by atoms with Crippen LogP contribution in [0.2, 0.25) is 0 Å².